The summed E-state index contributed by atoms with van der Waals surface area (Å²) in [5.41, 5.74) is 8.11. The summed E-state index contributed by atoms with van der Waals surface area (Å²) < 4.78 is 0. The van der Waals surface area contributed by atoms with Crippen molar-refractivity contribution in [3.05, 3.63) is 146 Å². The molecule has 2 radical (unpaired) electrons. The summed E-state index contributed by atoms with van der Waals surface area (Å²) in [6.07, 6.45) is 5.79. The minimum absolute atomic E-state index is 0. The fourth-order valence-electron chi connectivity index (χ4n) is 5.39. The van der Waals surface area contributed by atoms with Gasteiger partial charge in [0.05, 0.1) is 0 Å². The molecule has 0 nitrogen and oxygen atoms in total. The molecule has 0 saturated heterocycles. The summed E-state index contributed by atoms with van der Waals surface area (Å²) in [6.45, 7) is 14.7. The van der Waals surface area contributed by atoms with Gasteiger partial charge in [0.1, 0.15) is 0 Å². The molecule has 6 aromatic rings. The van der Waals surface area contributed by atoms with Crippen molar-refractivity contribution in [3.63, 3.8) is 0 Å². The monoisotopic (exact) mass is 1010 g/mol. The second-order valence-corrected chi connectivity index (χ2v) is 30.5. The van der Waals surface area contributed by atoms with Crippen molar-refractivity contribution in [2.75, 3.05) is 0 Å². The van der Waals surface area contributed by atoms with Crippen LogP contribution >= 0.6 is 91.3 Å². The Hall–Kier alpha value is -0.0462. The van der Waals surface area contributed by atoms with E-state index >= 15 is 0 Å². The van der Waals surface area contributed by atoms with Crippen molar-refractivity contribution in [3.8, 4) is 22.3 Å². The van der Waals surface area contributed by atoms with Crippen LogP contribution in [0.1, 0.15) is 50.7 Å². The summed E-state index contributed by atoms with van der Waals surface area (Å²) in [4.78, 5) is 0. The van der Waals surface area contributed by atoms with E-state index in [0.29, 0.717) is 0 Å². The maximum atomic E-state index is 5.55. The van der Waals surface area contributed by atoms with E-state index < -0.39 is 12.0 Å². The van der Waals surface area contributed by atoms with Gasteiger partial charge in [-0.25, -0.2) is 0 Å². The van der Waals surface area contributed by atoms with E-state index in [0.717, 1.165) is 50.6 Å². The first kappa shape index (κ1) is 54.0. The number of hydrogen-bond donors (Lipinski definition) is 0. The SMILES string of the molecule is CCc1cc2c(-c3ccccc3)cccc2[cH-]1.CCc1cc2c(-c3ccccc3)cccc2[cH-]1.Cl.Cl.[CH2-]CCC[Si](Cl)(Cl)Cl.[CH2-]CCC[Si](Cl)(Cl)Cl.[Si]=[Zr]. The van der Waals surface area contributed by atoms with Gasteiger partial charge in [-0.2, -0.15) is 25.0 Å². The standard InChI is InChI=1S/2C17H15.2C4H8Cl3Si.2ClH.Si.Zr/c2*1-2-13-11-15-9-6-10-16(17(15)12-13)14-7-4-3-5-8-14;2*1-2-3-4-8(5,6)7;;;;/h2*3-12H,2H2,1H3;2*1-4H2;2*1H;;/q4*-1;;;;. The Morgan fingerprint density at radius 1 is 0.537 bits per heavy atom. The van der Waals surface area contributed by atoms with Crippen LogP contribution in [0.5, 0.6) is 0 Å². The van der Waals surface area contributed by atoms with Crippen LogP contribution in [0.3, 0.4) is 0 Å². The molecule has 6 aromatic carbocycles. The molecule has 0 aliphatic heterocycles. The molecule has 0 amide bonds. The van der Waals surface area contributed by atoms with E-state index in [2.05, 4.69) is 156 Å². The molecule has 0 atom stereocenters. The third kappa shape index (κ3) is 20.1. The van der Waals surface area contributed by atoms with Crippen molar-refractivity contribution in [2.45, 2.75) is 64.5 Å². The van der Waals surface area contributed by atoms with Crippen molar-refractivity contribution in [2.24, 2.45) is 0 Å². The zero-order chi connectivity index (χ0) is 38.6. The third-order valence-electron chi connectivity index (χ3n) is 8.03. The Morgan fingerprint density at radius 3 is 1.13 bits per heavy atom. The van der Waals surface area contributed by atoms with Crippen molar-refractivity contribution in [1.82, 2.24) is 0 Å². The second-order valence-electron chi connectivity index (χ2n) is 11.9. The molecule has 0 saturated carbocycles. The summed E-state index contributed by atoms with van der Waals surface area (Å²) in [5, 5.41) is 5.44. The van der Waals surface area contributed by atoms with Gasteiger partial charge in [-0.15, -0.1) is 160 Å². The zero-order valence-electron chi connectivity index (χ0n) is 30.7. The fraction of sp³-hybridized carbons (Fsp3) is 0.238. The summed E-state index contributed by atoms with van der Waals surface area (Å²) in [7, 11) is 0. The first-order valence-electron chi connectivity index (χ1n) is 17.3. The average molecular weight is 1010 g/mol. The normalized spacial score (nSPS) is 10.5. The number of aryl methyl sites for hydroxylation is 2. The molecule has 0 aromatic heterocycles. The Bertz CT molecular complexity index is 1720. The molecule has 0 fully saturated rings. The van der Waals surface area contributed by atoms with Crippen LogP contribution in [0, 0.1) is 13.8 Å². The average Bonchev–Trinajstić information content (AvgIpc) is 3.79. The summed E-state index contributed by atoms with van der Waals surface area (Å²) >= 11 is 34.7. The van der Waals surface area contributed by atoms with Crippen molar-refractivity contribution >= 4 is 132 Å². The van der Waals surface area contributed by atoms with Gasteiger partial charge in [-0.3, -0.25) is 0 Å². The predicted octanol–water partition coefficient (Wildman–Crippen LogP) is 16.5. The number of halogens is 8. The molecule has 0 N–H and O–H groups in total. The molecule has 0 heterocycles. The van der Waals surface area contributed by atoms with Gasteiger partial charge in [0.25, 0.3) is 0 Å². The van der Waals surface area contributed by atoms with Gasteiger partial charge in [0.15, 0.2) is 0 Å². The molecular weight excluding hydrogens is 964 g/mol. The molecule has 0 aliphatic carbocycles. The summed E-state index contributed by atoms with van der Waals surface area (Å²) in [5.74, 6) is 0. The van der Waals surface area contributed by atoms with E-state index in [4.69, 9.17) is 66.5 Å². The molecule has 6 rings (SSSR count). The Morgan fingerprint density at radius 2 is 0.870 bits per heavy atom. The van der Waals surface area contributed by atoms with Gasteiger partial charge in [-0.1, -0.05) is 111 Å². The van der Waals surface area contributed by atoms with E-state index in [1.54, 1.807) is 0 Å². The van der Waals surface area contributed by atoms with Gasteiger partial charge in [0.2, 0.25) is 0 Å². The van der Waals surface area contributed by atoms with Crippen LogP contribution in [0.25, 0.3) is 43.8 Å². The summed E-state index contributed by atoms with van der Waals surface area (Å²) in [6, 6.07) is 40.4. The van der Waals surface area contributed by atoms with Gasteiger partial charge < -0.3 is 13.8 Å². The number of fused-ring (bicyclic) bond motifs is 2. The quantitative estimate of drug-likeness (QED) is 0.0729. The van der Waals surface area contributed by atoms with Crippen LogP contribution in [-0.4, -0.2) is 18.9 Å². The van der Waals surface area contributed by atoms with E-state index in [1.807, 2.05) is 0 Å². The Balaban J connectivity index is 0.000000716. The molecule has 0 aliphatic rings. The van der Waals surface area contributed by atoms with Gasteiger partial charge in [0, 0.05) is 0 Å². The van der Waals surface area contributed by atoms with E-state index in [-0.39, 0.29) is 24.8 Å². The Labute approximate surface area is 384 Å². The number of benzene rings is 4. The van der Waals surface area contributed by atoms with E-state index in [9.17, 15) is 0 Å². The van der Waals surface area contributed by atoms with Gasteiger partial charge in [-0.05, 0) is 36.1 Å². The molecule has 0 bridgehead atoms. The molecule has 0 spiro atoms. The predicted molar refractivity (Wildman–Crippen MR) is 254 cm³/mol. The van der Waals surface area contributed by atoms with Crippen LogP contribution in [0.4, 0.5) is 0 Å². The molecule has 0 unspecified atom stereocenters. The van der Waals surface area contributed by atoms with Crippen molar-refractivity contribution < 1.29 is 23.3 Å². The number of rotatable bonds is 10. The molecule has 54 heavy (non-hydrogen) atoms. The van der Waals surface area contributed by atoms with Crippen molar-refractivity contribution in [1.29, 1.82) is 0 Å². The maximum absolute atomic E-state index is 5.55. The van der Waals surface area contributed by atoms with Crippen LogP contribution in [0.15, 0.2) is 121 Å². The zero-order valence-corrected chi connectivity index (χ0v) is 42.3. The molecule has 292 valence electrons. The Kier molecular flexibility index (Phi) is 29.2. The molecule has 12 heteroatoms. The first-order valence-corrected chi connectivity index (χ1v) is 32.0. The van der Waals surface area contributed by atoms with Crippen LogP contribution in [0.2, 0.25) is 12.1 Å². The first-order chi connectivity index (χ1) is 24.9. The number of unbranched alkanes of at least 4 members (excludes halogenated alkanes) is 2. The number of hydrogen-bond acceptors (Lipinski definition) is 0. The van der Waals surface area contributed by atoms with Crippen LogP contribution < -0.4 is 0 Å². The minimum atomic E-state index is -2.30. The fourth-order valence-corrected chi connectivity index (χ4v) is 9.10. The van der Waals surface area contributed by atoms with E-state index in [1.165, 1.54) is 78.3 Å². The topological polar surface area (TPSA) is 0 Å². The van der Waals surface area contributed by atoms with Crippen LogP contribution in [-0.2, 0) is 36.2 Å². The van der Waals surface area contributed by atoms with Gasteiger partial charge >= 0.3 is 42.2 Å². The second kappa shape index (κ2) is 29.2. The third-order valence-corrected chi connectivity index (χ3v) is 13.3. The molecular formula is C42H48Cl8Si3Zr-4.